The Kier molecular flexibility index (Phi) is 7.36. The average Bonchev–Trinajstić information content (AvgIpc) is 3.10. The normalized spacial score (nSPS) is 11.9. The molecule has 3 rings (SSSR count). The van der Waals surface area contributed by atoms with Gasteiger partial charge in [0, 0.05) is 11.6 Å². The number of amides is 1. The van der Waals surface area contributed by atoms with Gasteiger partial charge >= 0.3 is 0 Å². The number of rotatable bonds is 8. The molecule has 0 unspecified atom stereocenters. The number of thiazole rings is 1. The summed E-state index contributed by atoms with van der Waals surface area (Å²) in [6.45, 7) is 1.10. The van der Waals surface area contributed by atoms with Gasteiger partial charge in [-0.1, -0.05) is 40.6 Å². The topological polar surface area (TPSA) is 70.6 Å². The first-order valence-corrected chi connectivity index (χ1v) is 12.4. The molecule has 0 N–H and O–H groups in total. The van der Waals surface area contributed by atoms with Crippen LogP contribution in [0.3, 0.4) is 0 Å². The fourth-order valence-corrected chi connectivity index (χ4v) is 5.49. The van der Waals surface area contributed by atoms with Crippen molar-refractivity contribution in [3.8, 4) is 0 Å². The van der Waals surface area contributed by atoms with E-state index in [0.29, 0.717) is 33.7 Å². The minimum absolute atomic E-state index is 0.0563. The maximum atomic E-state index is 13.1. The Bertz CT molecular complexity index is 1150. The summed E-state index contributed by atoms with van der Waals surface area (Å²) < 4.78 is 26.4. The monoisotopic (exact) mass is 485 g/mol. The third-order valence-electron chi connectivity index (χ3n) is 4.36. The molecule has 0 aliphatic rings. The van der Waals surface area contributed by atoms with Gasteiger partial charge < -0.3 is 4.90 Å². The highest BCUT2D eigenvalue weighted by Crippen LogP contribution is 2.33. The van der Waals surface area contributed by atoms with Crippen LogP contribution in [0.1, 0.15) is 6.42 Å². The van der Waals surface area contributed by atoms with Gasteiger partial charge in [-0.15, -0.1) is 0 Å². The van der Waals surface area contributed by atoms with E-state index in [9.17, 15) is 13.2 Å². The van der Waals surface area contributed by atoms with E-state index < -0.39 is 21.5 Å². The van der Waals surface area contributed by atoms with Crippen LogP contribution in [0, 0.1) is 0 Å². The van der Waals surface area contributed by atoms with Crippen molar-refractivity contribution in [2.24, 2.45) is 0 Å². The van der Waals surface area contributed by atoms with E-state index in [0.717, 1.165) is 11.2 Å². The molecule has 2 aromatic carbocycles. The molecule has 160 valence electrons. The van der Waals surface area contributed by atoms with Crippen LogP contribution >= 0.6 is 34.5 Å². The number of nitrogens with zero attached hydrogens (tertiary/aromatic N) is 3. The summed E-state index contributed by atoms with van der Waals surface area (Å²) in [6, 6.07) is 11.2. The largest absolute Gasteiger partial charge is 0.309 e. The first-order valence-electron chi connectivity index (χ1n) is 9.16. The number of fused-ring (bicyclic) bond motifs is 1. The van der Waals surface area contributed by atoms with Crippen LogP contribution in [0.4, 0.5) is 5.13 Å². The molecule has 0 radical (unpaired) electrons. The first-order chi connectivity index (χ1) is 14.2. The van der Waals surface area contributed by atoms with Crippen LogP contribution in [-0.2, 0) is 14.6 Å². The highest BCUT2D eigenvalue weighted by Gasteiger charge is 2.26. The lowest BCUT2D eigenvalue weighted by Crippen LogP contribution is -2.37. The van der Waals surface area contributed by atoms with Crippen molar-refractivity contribution < 1.29 is 13.2 Å². The quantitative estimate of drug-likeness (QED) is 0.473. The zero-order valence-electron chi connectivity index (χ0n) is 16.5. The van der Waals surface area contributed by atoms with Gasteiger partial charge in [-0.25, -0.2) is 13.4 Å². The molecule has 0 aliphatic heterocycles. The molecule has 1 amide bonds. The summed E-state index contributed by atoms with van der Waals surface area (Å²) >= 11 is 13.4. The summed E-state index contributed by atoms with van der Waals surface area (Å²) in [7, 11) is 0.0598. The molecule has 1 aromatic heterocycles. The predicted molar refractivity (Wildman–Crippen MR) is 124 cm³/mol. The molecule has 0 saturated heterocycles. The number of aromatic nitrogens is 1. The second-order valence-electron chi connectivity index (χ2n) is 7.00. The summed E-state index contributed by atoms with van der Waals surface area (Å²) in [5.41, 5.74) is 0.602. The zero-order valence-corrected chi connectivity index (χ0v) is 19.7. The average molecular weight is 486 g/mol. The minimum atomic E-state index is -3.82. The van der Waals surface area contributed by atoms with Crippen LogP contribution in [0.15, 0.2) is 47.4 Å². The van der Waals surface area contributed by atoms with Crippen molar-refractivity contribution in [3.63, 3.8) is 0 Å². The van der Waals surface area contributed by atoms with Crippen molar-refractivity contribution in [3.05, 3.63) is 52.5 Å². The van der Waals surface area contributed by atoms with Gasteiger partial charge in [-0.2, -0.15) is 0 Å². The third-order valence-corrected chi connectivity index (χ3v) is 7.58. The van der Waals surface area contributed by atoms with E-state index in [4.69, 9.17) is 23.2 Å². The molecule has 1 heterocycles. The highest BCUT2D eigenvalue weighted by molar-refractivity contribution is 7.92. The van der Waals surface area contributed by atoms with Crippen LogP contribution < -0.4 is 4.90 Å². The molecule has 0 atom stereocenters. The Balaban J connectivity index is 1.89. The van der Waals surface area contributed by atoms with E-state index in [1.165, 1.54) is 40.5 Å². The molecular formula is C20H21Cl2N3O3S2. The smallest absolute Gasteiger partial charge is 0.244 e. The third kappa shape index (κ3) is 5.50. The maximum absolute atomic E-state index is 13.1. The van der Waals surface area contributed by atoms with E-state index in [1.807, 2.05) is 31.1 Å². The summed E-state index contributed by atoms with van der Waals surface area (Å²) in [4.78, 5) is 21.1. The number of sulfone groups is 1. The van der Waals surface area contributed by atoms with Crippen molar-refractivity contribution in [2.45, 2.75) is 11.3 Å². The van der Waals surface area contributed by atoms with Crippen molar-refractivity contribution in [1.29, 1.82) is 0 Å². The summed E-state index contributed by atoms with van der Waals surface area (Å²) in [5, 5.41) is 1.36. The van der Waals surface area contributed by atoms with Crippen LogP contribution in [0.25, 0.3) is 10.2 Å². The van der Waals surface area contributed by atoms with Crippen LogP contribution in [-0.4, -0.2) is 57.1 Å². The maximum Gasteiger partial charge on any atom is 0.244 e. The number of anilines is 1. The number of benzene rings is 2. The van der Waals surface area contributed by atoms with Crippen LogP contribution in [0.5, 0.6) is 0 Å². The Morgan fingerprint density at radius 2 is 1.77 bits per heavy atom. The lowest BCUT2D eigenvalue weighted by molar-refractivity contribution is -0.116. The fourth-order valence-electron chi connectivity index (χ4n) is 2.86. The van der Waals surface area contributed by atoms with Gasteiger partial charge in [-0.3, -0.25) is 9.69 Å². The SMILES string of the molecule is CN(C)CCCN(C(=O)CS(=O)(=O)c1ccc(Cl)cc1)c1nc2c(Cl)cccc2s1. The number of hydrogen-bond donors (Lipinski definition) is 0. The number of hydrogen-bond acceptors (Lipinski definition) is 6. The fraction of sp³-hybridized carbons (Fsp3) is 0.300. The van der Waals surface area contributed by atoms with Crippen LogP contribution in [0.2, 0.25) is 10.0 Å². The molecular weight excluding hydrogens is 465 g/mol. The molecule has 0 spiro atoms. The molecule has 6 nitrogen and oxygen atoms in total. The van der Waals surface area contributed by atoms with Gasteiger partial charge in [0.15, 0.2) is 15.0 Å². The van der Waals surface area contributed by atoms with Crippen molar-refractivity contribution in [2.75, 3.05) is 37.8 Å². The Labute approximate surface area is 189 Å². The van der Waals surface area contributed by atoms with E-state index in [-0.39, 0.29) is 4.90 Å². The van der Waals surface area contributed by atoms with E-state index >= 15 is 0 Å². The van der Waals surface area contributed by atoms with Gasteiger partial charge in [0.25, 0.3) is 0 Å². The Morgan fingerprint density at radius 3 is 2.40 bits per heavy atom. The van der Waals surface area contributed by atoms with Gasteiger partial charge in [-0.05, 0) is 63.5 Å². The van der Waals surface area contributed by atoms with Gasteiger partial charge in [0.1, 0.15) is 11.3 Å². The first kappa shape index (κ1) is 23.0. The number of halogens is 2. The number of carbonyl (C=O) groups is 1. The highest BCUT2D eigenvalue weighted by atomic mass is 35.5. The molecule has 3 aromatic rings. The van der Waals surface area contributed by atoms with E-state index in [1.54, 1.807) is 6.07 Å². The summed E-state index contributed by atoms with van der Waals surface area (Å²) in [5.74, 6) is -1.18. The zero-order chi connectivity index (χ0) is 21.9. The molecule has 0 saturated carbocycles. The molecule has 10 heteroatoms. The second-order valence-corrected chi connectivity index (χ2v) is 10.8. The molecule has 0 aliphatic carbocycles. The lowest BCUT2D eigenvalue weighted by atomic mass is 10.3. The molecule has 30 heavy (non-hydrogen) atoms. The Morgan fingerprint density at radius 1 is 1.07 bits per heavy atom. The van der Waals surface area contributed by atoms with Crippen molar-refractivity contribution in [1.82, 2.24) is 9.88 Å². The minimum Gasteiger partial charge on any atom is -0.309 e. The summed E-state index contributed by atoms with van der Waals surface area (Å²) in [6.07, 6.45) is 0.670. The van der Waals surface area contributed by atoms with Gasteiger partial charge in [0.2, 0.25) is 5.91 Å². The predicted octanol–water partition coefficient (Wildman–Crippen LogP) is 4.36. The Hall–Kier alpha value is -1.71. The number of carbonyl (C=O) groups excluding carboxylic acids is 1. The van der Waals surface area contributed by atoms with Gasteiger partial charge in [0.05, 0.1) is 14.6 Å². The standard InChI is InChI=1S/C20H21Cl2N3O3S2/c1-24(2)11-4-12-25(20-23-19-16(22)5-3-6-17(19)29-20)18(26)13-30(27,28)15-9-7-14(21)8-10-15/h3,5-10H,4,11-13H2,1-2H3. The molecule has 0 fully saturated rings. The van der Waals surface area contributed by atoms with E-state index in [2.05, 4.69) is 4.98 Å². The lowest BCUT2D eigenvalue weighted by Gasteiger charge is -2.21. The number of para-hydroxylation sites is 1. The second kappa shape index (κ2) is 9.62. The van der Waals surface area contributed by atoms with Crippen molar-refractivity contribution >= 4 is 65.6 Å². The molecule has 0 bridgehead atoms.